The van der Waals surface area contributed by atoms with Crippen LogP contribution in [0.15, 0.2) is 42.5 Å². The van der Waals surface area contributed by atoms with E-state index in [0.717, 1.165) is 0 Å². The Morgan fingerprint density at radius 2 is 1.61 bits per heavy atom. The molecule has 0 unspecified atom stereocenters. The summed E-state index contributed by atoms with van der Waals surface area (Å²) < 4.78 is 10.4. The molecule has 0 bridgehead atoms. The number of rotatable bonds is 4. The van der Waals surface area contributed by atoms with Gasteiger partial charge in [0.05, 0.1) is 14.2 Å². The van der Waals surface area contributed by atoms with Gasteiger partial charge in [-0.25, -0.2) is 0 Å². The molecule has 1 amide bonds. The highest BCUT2D eigenvalue weighted by molar-refractivity contribution is 7.80. The number of amides is 1. The van der Waals surface area contributed by atoms with Gasteiger partial charge in [-0.1, -0.05) is 17.7 Å². The molecule has 0 saturated carbocycles. The third-order valence-electron chi connectivity index (χ3n) is 2.98. The minimum atomic E-state index is -0.425. The molecule has 2 N–H and O–H groups in total. The molecular formula is C16H15ClN2O3S. The molecule has 0 fully saturated rings. The fourth-order valence-corrected chi connectivity index (χ4v) is 2.27. The van der Waals surface area contributed by atoms with Crippen LogP contribution in [-0.2, 0) is 0 Å². The highest BCUT2D eigenvalue weighted by atomic mass is 35.5. The van der Waals surface area contributed by atoms with E-state index in [1.807, 2.05) is 0 Å². The van der Waals surface area contributed by atoms with Gasteiger partial charge in [0.15, 0.2) is 5.11 Å². The number of ether oxygens (including phenoxy) is 2. The number of anilines is 1. The fraction of sp³-hybridized carbons (Fsp3) is 0.125. The monoisotopic (exact) mass is 350 g/mol. The van der Waals surface area contributed by atoms with Crippen LogP contribution in [0.4, 0.5) is 5.69 Å². The van der Waals surface area contributed by atoms with E-state index >= 15 is 0 Å². The quantitative estimate of drug-likeness (QED) is 0.827. The van der Waals surface area contributed by atoms with E-state index in [1.54, 1.807) is 42.5 Å². The van der Waals surface area contributed by atoms with Crippen LogP contribution >= 0.6 is 23.8 Å². The summed E-state index contributed by atoms with van der Waals surface area (Å²) in [6, 6.07) is 12.0. The second kappa shape index (κ2) is 7.80. The Labute approximate surface area is 144 Å². The van der Waals surface area contributed by atoms with Crippen LogP contribution in [0.25, 0.3) is 0 Å². The minimum Gasteiger partial charge on any atom is -0.496 e. The number of halogens is 1. The van der Waals surface area contributed by atoms with E-state index < -0.39 is 5.91 Å². The third-order valence-corrected chi connectivity index (χ3v) is 3.44. The Balaban J connectivity index is 2.12. The maximum absolute atomic E-state index is 12.4. The van der Waals surface area contributed by atoms with E-state index in [-0.39, 0.29) is 10.7 Å². The number of methoxy groups -OCH3 is 2. The Hall–Kier alpha value is -2.31. The van der Waals surface area contributed by atoms with Gasteiger partial charge < -0.3 is 14.8 Å². The molecule has 0 aliphatic heterocycles. The molecule has 7 heteroatoms. The van der Waals surface area contributed by atoms with E-state index in [9.17, 15) is 4.79 Å². The first-order valence-electron chi connectivity index (χ1n) is 6.64. The normalized spacial score (nSPS) is 9.87. The average Bonchev–Trinajstić information content (AvgIpc) is 2.55. The lowest BCUT2D eigenvalue weighted by molar-refractivity contribution is 0.0971. The van der Waals surface area contributed by atoms with Crippen LogP contribution in [0.2, 0.25) is 5.02 Å². The van der Waals surface area contributed by atoms with E-state index in [2.05, 4.69) is 10.6 Å². The van der Waals surface area contributed by atoms with Gasteiger partial charge in [0, 0.05) is 10.7 Å². The lowest BCUT2D eigenvalue weighted by Gasteiger charge is -2.14. The molecule has 0 spiro atoms. The zero-order valence-electron chi connectivity index (χ0n) is 12.6. The summed E-state index contributed by atoms with van der Waals surface area (Å²) in [5, 5.41) is 6.27. The number of carbonyl (C=O) groups is 1. The Morgan fingerprint density at radius 3 is 2.13 bits per heavy atom. The topological polar surface area (TPSA) is 59.6 Å². The number of benzene rings is 2. The molecule has 0 aromatic heterocycles. The first-order valence-corrected chi connectivity index (χ1v) is 7.42. The molecule has 0 aliphatic carbocycles. The molecule has 0 atom stereocenters. The zero-order chi connectivity index (χ0) is 16.8. The molecule has 5 nitrogen and oxygen atoms in total. The van der Waals surface area contributed by atoms with Gasteiger partial charge in [0.25, 0.3) is 5.91 Å². The molecule has 2 aromatic rings. The number of thiocarbonyl (C=S) groups is 1. The van der Waals surface area contributed by atoms with Gasteiger partial charge in [-0.15, -0.1) is 0 Å². The largest absolute Gasteiger partial charge is 0.496 e. The van der Waals surface area contributed by atoms with Crippen molar-refractivity contribution < 1.29 is 14.3 Å². The maximum Gasteiger partial charge on any atom is 0.264 e. The van der Waals surface area contributed by atoms with Gasteiger partial charge in [-0.3, -0.25) is 10.1 Å². The number of carbonyl (C=O) groups excluding carboxylic acids is 1. The Morgan fingerprint density at radius 1 is 1.04 bits per heavy atom. The van der Waals surface area contributed by atoms with Crippen molar-refractivity contribution in [2.75, 3.05) is 19.5 Å². The van der Waals surface area contributed by atoms with E-state index in [0.29, 0.717) is 22.2 Å². The van der Waals surface area contributed by atoms with Crippen LogP contribution in [0, 0.1) is 0 Å². The molecular weight excluding hydrogens is 336 g/mol. The number of nitrogens with one attached hydrogen (secondary N) is 2. The van der Waals surface area contributed by atoms with Crippen LogP contribution in [0.3, 0.4) is 0 Å². The van der Waals surface area contributed by atoms with Gasteiger partial charge in [0.1, 0.15) is 17.1 Å². The van der Waals surface area contributed by atoms with Crippen molar-refractivity contribution in [1.29, 1.82) is 0 Å². The molecule has 0 saturated heterocycles. The lowest BCUT2D eigenvalue weighted by Crippen LogP contribution is -2.34. The number of hydrogen-bond acceptors (Lipinski definition) is 4. The SMILES string of the molecule is COc1cccc(OC)c1C(=O)NC(=S)Nc1ccc(Cl)cc1. The molecule has 2 aromatic carbocycles. The van der Waals surface area contributed by atoms with Crippen LogP contribution in [-0.4, -0.2) is 25.2 Å². The number of hydrogen-bond donors (Lipinski definition) is 2. The van der Waals surface area contributed by atoms with Gasteiger partial charge >= 0.3 is 0 Å². The van der Waals surface area contributed by atoms with Crippen molar-refractivity contribution in [2.45, 2.75) is 0 Å². The summed E-state index contributed by atoms with van der Waals surface area (Å²) in [4.78, 5) is 12.4. The molecule has 23 heavy (non-hydrogen) atoms. The van der Waals surface area contributed by atoms with Crippen molar-refractivity contribution in [3.05, 3.63) is 53.1 Å². The van der Waals surface area contributed by atoms with Gasteiger partial charge in [-0.05, 0) is 48.6 Å². The van der Waals surface area contributed by atoms with Crippen molar-refractivity contribution in [3.63, 3.8) is 0 Å². The second-order valence-electron chi connectivity index (χ2n) is 4.45. The van der Waals surface area contributed by atoms with E-state index in [4.69, 9.17) is 33.3 Å². The smallest absolute Gasteiger partial charge is 0.264 e. The summed E-state index contributed by atoms with van der Waals surface area (Å²) in [6.45, 7) is 0. The zero-order valence-corrected chi connectivity index (χ0v) is 14.1. The lowest BCUT2D eigenvalue weighted by atomic mass is 10.1. The van der Waals surface area contributed by atoms with Crippen LogP contribution < -0.4 is 20.1 Å². The predicted molar refractivity (Wildman–Crippen MR) is 94.7 cm³/mol. The van der Waals surface area contributed by atoms with Gasteiger partial charge in [-0.2, -0.15) is 0 Å². The summed E-state index contributed by atoms with van der Waals surface area (Å²) in [5.74, 6) is 0.373. The molecule has 120 valence electrons. The Bertz CT molecular complexity index is 698. The Kier molecular flexibility index (Phi) is 5.78. The summed E-state index contributed by atoms with van der Waals surface area (Å²) in [5.41, 5.74) is 0.990. The van der Waals surface area contributed by atoms with E-state index in [1.165, 1.54) is 14.2 Å². The third kappa shape index (κ3) is 4.34. The van der Waals surface area contributed by atoms with Crippen molar-refractivity contribution in [1.82, 2.24) is 5.32 Å². The summed E-state index contributed by atoms with van der Waals surface area (Å²) in [7, 11) is 2.96. The van der Waals surface area contributed by atoms with Crippen LogP contribution in [0.1, 0.15) is 10.4 Å². The summed E-state index contributed by atoms with van der Waals surface area (Å²) >= 11 is 11.0. The fourth-order valence-electron chi connectivity index (χ4n) is 1.94. The molecule has 0 aliphatic rings. The first kappa shape index (κ1) is 17.1. The molecule has 2 rings (SSSR count). The standard InChI is InChI=1S/C16H15ClN2O3S/c1-21-12-4-3-5-13(22-2)14(12)15(20)19-16(23)18-11-8-6-10(17)7-9-11/h3-9H,1-2H3,(H2,18,19,20,23). The second-order valence-corrected chi connectivity index (χ2v) is 5.30. The average molecular weight is 351 g/mol. The summed E-state index contributed by atoms with van der Waals surface area (Å²) in [6.07, 6.45) is 0. The van der Waals surface area contributed by atoms with Crippen molar-refractivity contribution in [3.8, 4) is 11.5 Å². The maximum atomic E-state index is 12.4. The molecule has 0 radical (unpaired) electrons. The predicted octanol–water partition coefficient (Wildman–Crippen LogP) is 3.48. The first-order chi connectivity index (χ1) is 11.0. The van der Waals surface area contributed by atoms with Crippen LogP contribution in [0.5, 0.6) is 11.5 Å². The molecule has 0 heterocycles. The highest BCUT2D eigenvalue weighted by Crippen LogP contribution is 2.28. The minimum absolute atomic E-state index is 0.158. The highest BCUT2D eigenvalue weighted by Gasteiger charge is 2.19. The van der Waals surface area contributed by atoms with Gasteiger partial charge in [0.2, 0.25) is 0 Å². The van der Waals surface area contributed by atoms with Crippen molar-refractivity contribution in [2.24, 2.45) is 0 Å². The van der Waals surface area contributed by atoms with Crippen molar-refractivity contribution >= 4 is 40.5 Å².